The summed E-state index contributed by atoms with van der Waals surface area (Å²) in [6.07, 6.45) is 0. The molecule has 17 heavy (non-hydrogen) atoms. The van der Waals surface area contributed by atoms with Crippen molar-refractivity contribution in [1.82, 2.24) is 0 Å². The molecule has 0 fully saturated rings. The topological polar surface area (TPSA) is 159 Å². The van der Waals surface area contributed by atoms with E-state index in [4.69, 9.17) is 10.8 Å². The summed E-state index contributed by atoms with van der Waals surface area (Å²) in [7, 11) is 0. The minimum Gasteiger partial charge on any atom is -0.258 e. The SMILES string of the molecule is N#Cc1c([N+](=O)[O-])cc(N=[N+]=[N-])cc1[N+](=O)[O-]. The number of benzene rings is 1. The fourth-order valence-corrected chi connectivity index (χ4v) is 1.11. The Balaban J connectivity index is 3.70. The molecule has 0 aliphatic heterocycles. The Morgan fingerprint density at radius 2 is 1.76 bits per heavy atom. The van der Waals surface area contributed by atoms with E-state index in [1.54, 1.807) is 0 Å². The van der Waals surface area contributed by atoms with Gasteiger partial charge in [0.15, 0.2) is 0 Å². The van der Waals surface area contributed by atoms with Crippen LogP contribution in [0.15, 0.2) is 17.2 Å². The van der Waals surface area contributed by atoms with Gasteiger partial charge < -0.3 is 0 Å². The van der Waals surface area contributed by atoms with Crippen LogP contribution in [0.4, 0.5) is 17.1 Å². The summed E-state index contributed by atoms with van der Waals surface area (Å²) in [5.74, 6) is 0. The van der Waals surface area contributed by atoms with Crippen LogP contribution in [0.5, 0.6) is 0 Å². The van der Waals surface area contributed by atoms with Crippen LogP contribution < -0.4 is 0 Å². The van der Waals surface area contributed by atoms with Gasteiger partial charge in [0.05, 0.1) is 15.5 Å². The molecule has 0 atom stereocenters. The predicted octanol–water partition coefficient (Wildman–Crippen LogP) is 2.32. The lowest BCUT2D eigenvalue weighted by Gasteiger charge is -1.98. The molecule has 0 aliphatic rings. The molecule has 10 nitrogen and oxygen atoms in total. The number of nitro benzene ring substituents is 2. The Morgan fingerprint density at radius 3 is 2.06 bits per heavy atom. The third kappa shape index (κ3) is 2.25. The third-order valence-electron chi connectivity index (χ3n) is 1.75. The van der Waals surface area contributed by atoms with Crippen molar-refractivity contribution in [2.24, 2.45) is 5.11 Å². The maximum Gasteiger partial charge on any atom is 0.294 e. The average Bonchev–Trinajstić information content (AvgIpc) is 2.28. The van der Waals surface area contributed by atoms with Crippen LogP contribution in [0.3, 0.4) is 0 Å². The van der Waals surface area contributed by atoms with Crippen molar-refractivity contribution in [3.05, 3.63) is 48.4 Å². The maximum absolute atomic E-state index is 10.6. The van der Waals surface area contributed by atoms with Gasteiger partial charge >= 0.3 is 0 Å². The van der Waals surface area contributed by atoms with E-state index in [0.717, 1.165) is 12.1 Å². The van der Waals surface area contributed by atoms with E-state index in [2.05, 4.69) is 10.0 Å². The monoisotopic (exact) mass is 234 g/mol. The molecular weight excluding hydrogens is 232 g/mol. The Labute approximate surface area is 92.6 Å². The van der Waals surface area contributed by atoms with Crippen LogP contribution in [-0.2, 0) is 0 Å². The minimum atomic E-state index is -0.956. The highest BCUT2D eigenvalue weighted by atomic mass is 16.6. The molecule has 1 aromatic rings. The number of nitrogens with zero attached hydrogens (tertiary/aromatic N) is 6. The molecule has 0 heterocycles. The molecule has 1 aromatic carbocycles. The smallest absolute Gasteiger partial charge is 0.258 e. The molecule has 0 bridgehead atoms. The molecule has 0 saturated heterocycles. The van der Waals surface area contributed by atoms with Gasteiger partial charge in [0.25, 0.3) is 11.4 Å². The molecule has 0 aromatic heterocycles. The van der Waals surface area contributed by atoms with Crippen LogP contribution in [0.25, 0.3) is 10.4 Å². The first-order valence-electron chi connectivity index (χ1n) is 3.93. The number of hydrogen-bond acceptors (Lipinski definition) is 6. The van der Waals surface area contributed by atoms with Crippen molar-refractivity contribution in [2.45, 2.75) is 0 Å². The second kappa shape index (κ2) is 4.56. The largest absolute Gasteiger partial charge is 0.294 e. The number of azide groups is 1. The number of rotatable bonds is 3. The van der Waals surface area contributed by atoms with Crippen LogP contribution >= 0.6 is 0 Å². The molecule has 0 N–H and O–H groups in total. The van der Waals surface area contributed by atoms with Gasteiger partial charge in [0.2, 0.25) is 5.56 Å². The van der Waals surface area contributed by atoms with E-state index in [9.17, 15) is 20.2 Å². The molecule has 0 aliphatic carbocycles. The Morgan fingerprint density at radius 1 is 1.29 bits per heavy atom. The van der Waals surface area contributed by atoms with Crippen LogP contribution in [0, 0.1) is 31.6 Å². The molecule has 0 spiro atoms. The van der Waals surface area contributed by atoms with E-state index in [-0.39, 0.29) is 5.69 Å². The lowest BCUT2D eigenvalue weighted by molar-refractivity contribution is -0.394. The maximum atomic E-state index is 10.6. The predicted molar refractivity (Wildman–Crippen MR) is 53.3 cm³/mol. The molecule has 0 amide bonds. The first-order chi connectivity index (χ1) is 8.01. The molecule has 84 valence electrons. The minimum absolute atomic E-state index is 0.301. The summed E-state index contributed by atoms with van der Waals surface area (Å²) in [4.78, 5) is 21.7. The molecule has 0 saturated carbocycles. The highest BCUT2D eigenvalue weighted by Gasteiger charge is 2.26. The van der Waals surface area contributed by atoms with E-state index in [0.29, 0.717) is 0 Å². The Bertz CT molecular complexity index is 562. The first kappa shape index (κ1) is 11.9. The summed E-state index contributed by atoms with van der Waals surface area (Å²) in [5, 5.41) is 32.9. The van der Waals surface area contributed by atoms with Crippen molar-refractivity contribution in [3.8, 4) is 6.07 Å². The lowest BCUT2D eigenvalue weighted by atomic mass is 10.1. The summed E-state index contributed by atoms with van der Waals surface area (Å²) in [6, 6.07) is 2.97. The van der Waals surface area contributed by atoms with Gasteiger partial charge in [-0.15, -0.1) is 0 Å². The normalized spacial score (nSPS) is 8.88. The average molecular weight is 234 g/mol. The van der Waals surface area contributed by atoms with Gasteiger partial charge in [-0.25, -0.2) is 0 Å². The van der Waals surface area contributed by atoms with Gasteiger partial charge in [-0.2, -0.15) is 5.26 Å². The zero-order valence-electron chi connectivity index (χ0n) is 7.97. The molecular formula is C7H2N6O4. The standard InChI is InChI=1S/C7H2N6O4/c8-3-5-6(12(14)15)1-4(10-11-9)2-7(5)13(16)17/h1-2H. The Kier molecular flexibility index (Phi) is 3.19. The summed E-state index contributed by atoms with van der Waals surface area (Å²) in [6.45, 7) is 0. The second-order valence-electron chi connectivity index (χ2n) is 2.67. The van der Waals surface area contributed by atoms with Crippen molar-refractivity contribution in [1.29, 1.82) is 5.26 Å². The molecule has 0 radical (unpaired) electrons. The highest BCUT2D eigenvalue weighted by Crippen LogP contribution is 2.33. The summed E-state index contributed by atoms with van der Waals surface area (Å²) >= 11 is 0. The molecule has 1 rings (SSSR count). The number of hydrogen-bond donors (Lipinski definition) is 0. The number of nitro groups is 2. The highest BCUT2D eigenvalue weighted by molar-refractivity contribution is 5.67. The quantitative estimate of drug-likeness (QED) is 0.257. The van der Waals surface area contributed by atoms with E-state index < -0.39 is 26.8 Å². The van der Waals surface area contributed by atoms with Gasteiger partial charge in [-0.1, -0.05) is 5.11 Å². The number of nitriles is 1. The first-order valence-corrected chi connectivity index (χ1v) is 3.93. The van der Waals surface area contributed by atoms with E-state index >= 15 is 0 Å². The van der Waals surface area contributed by atoms with E-state index in [1.165, 1.54) is 6.07 Å². The van der Waals surface area contributed by atoms with Crippen molar-refractivity contribution < 1.29 is 9.85 Å². The van der Waals surface area contributed by atoms with Gasteiger partial charge in [-0.05, 0) is 5.53 Å². The fourth-order valence-electron chi connectivity index (χ4n) is 1.11. The van der Waals surface area contributed by atoms with Gasteiger partial charge in [0, 0.05) is 17.0 Å². The lowest BCUT2D eigenvalue weighted by Crippen LogP contribution is -1.98. The summed E-state index contributed by atoms with van der Waals surface area (Å²) in [5.41, 5.74) is 5.63. The second-order valence-corrected chi connectivity index (χ2v) is 2.67. The zero-order valence-corrected chi connectivity index (χ0v) is 7.97. The zero-order chi connectivity index (χ0) is 13.0. The van der Waals surface area contributed by atoms with Crippen LogP contribution in [0.2, 0.25) is 0 Å². The van der Waals surface area contributed by atoms with Crippen molar-refractivity contribution in [2.75, 3.05) is 0 Å². The van der Waals surface area contributed by atoms with Gasteiger partial charge in [-0.3, -0.25) is 20.2 Å². The van der Waals surface area contributed by atoms with Crippen LogP contribution in [0.1, 0.15) is 5.56 Å². The summed E-state index contributed by atoms with van der Waals surface area (Å²) < 4.78 is 0. The van der Waals surface area contributed by atoms with E-state index in [1.807, 2.05) is 0 Å². The van der Waals surface area contributed by atoms with Gasteiger partial charge in [0.1, 0.15) is 6.07 Å². The molecule has 10 heteroatoms. The van der Waals surface area contributed by atoms with Crippen molar-refractivity contribution in [3.63, 3.8) is 0 Å². The Hall–Kier alpha value is -3.18. The van der Waals surface area contributed by atoms with Crippen molar-refractivity contribution >= 4 is 17.1 Å². The molecule has 0 unspecified atom stereocenters. The fraction of sp³-hybridized carbons (Fsp3) is 0. The third-order valence-corrected chi connectivity index (χ3v) is 1.75. The van der Waals surface area contributed by atoms with Crippen LogP contribution in [-0.4, -0.2) is 9.85 Å².